The van der Waals surface area contributed by atoms with Crippen LogP contribution in [0.4, 0.5) is 22.0 Å². The summed E-state index contributed by atoms with van der Waals surface area (Å²) in [7, 11) is 0. The summed E-state index contributed by atoms with van der Waals surface area (Å²) in [6.45, 7) is 2.85. The van der Waals surface area contributed by atoms with Crippen LogP contribution in [0.25, 0.3) is 5.82 Å². The molecule has 0 fully saturated rings. The molecule has 190 valence electrons. The van der Waals surface area contributed by atoms with E-state index in [1.165, 1.54) is 0 Å². The molecule has 3 aromatic heterocycles. The molecule has 0 unspecified atom stereocenters. The van der Waals surface area contributed by atoms with Gasteiger partial charge >= 0.3 is 11.9 Å². The molecule has 9 nitrogen and oxygen atoms in total. The average molecular weight is 523 g/mol. The minimum Gasteiger partial charge on any atom is -0.464 e. The van der Waals surface area contributed by atoms with Gasteiger partial charge in [0.1, 0.15) is 6.67 Å². The number of ketones is 1. The van der Waals surface area contributed by atoms with Gasteiger partial charge in [-0.15, -0.1) is 5.10 Å². The van der Waals surface area contributed by atoms with Crippen LogP contribution in [0.15, 0.2) is 10.9 Å². The molecule has 0 aliphatic rings. The Kier molecular flexibility index (Phi) is 7.62. The molecule has 1 atom stereocenters. The number of halogens is 6. The normalized spacial score (nSPS) is 12.7. The van der Waals surface area contributed by atoms with Gasteiger partial charge in [0.15, 0.2) is 34.5 Å². The number of carbonyl (C=O) groups excluding carboxylic acids is 1. The molecule has 0 amide bonds. The number of pyridine rings is 1. The largest absolute Gasteiger partial charge is 0.464 e. The lowest BCUT2D eigenvalue weighted by atomic mass is 10.0. The number of aromatic nitrogens is 6. The molecule has 3 rings (SSSR count). The molecule has 15 heteroatoms. The Labute approximate surface area is 199 Å². The number of nitrogens with one attached hydrogen (secondary N) is 1. The Bertz CT molecular complexity index is 1280. The van der Waals surface area contributed by atoms with Crippen molar-refractivity contribution >= 4 is 17.4 Å². The lowest BCUT2D eigenvalue weighted by Crippen LogP contribution is -2.32. The number of rotatable bonds is 9. The quantitative estimate of drug-likeness (QED) is 0.337. The third-order valence-corrected chi connectivity index (χ3v) is 5.35. The number of nitrogens with zero attached hydrogens (tertiary/aromatic N) is 5. The number of alkyl halides is 4. The third-order valence-electron chi connectivity index (χ3n) is 5.04. The summed E-state index contributed by atoms with van der Waals surface area (Å²) in [6.07, 6.45) is -7.30. The zero-order valence-corrected chi connectivity index (χ0v) is 19.5. The van der Waals surface area contributed by atoms with Crippen molar-refractivity contribution in [2.24, 2.45) is 0 Å². The SMILES string of the molecule is CCCn1c(CF)nn(-c2nc(O[C@@H](C)C(F)(F)F)c(C(=O)Cc3c(Cl)n[nH]c3C)cc2F)c1=O. The van der Waals surface area contributed by atoms with Crippen LogP contribution in [0.1, 0.15) is 47.7 Å². The van der Waals surface area contributed by atoms with Gasteiger partial charge in [-0.25, -0.2) is 13.6 Å². The van der Waals surface area contributed by atoms with E-state index in [0.29, 0.717) is 29.8 Å². The number of aryl methyl sites for hydroxylation is 1. The molecule has 0 saturated heterocycles. The van der Waals surface area contributed by atoms with Gasteiger partial charge < -0.3 is 4.74 Å². The van der Waals surface area contributed by atoms with Crippen LogP contribution in [0.2, 0.25) is 5.15 Å². The molecular formula is C20H20ClF5N6O3. The zero-order chi connectivity index (χ0) is 26.1. The molecule has 0 aliphatic carbocycles. The number of H-pyrrole nitrogens is 1. The highest BCUT2D eigenvalue weighted by molar-refractivity contribution is 6.30. The first-order valence-corrected chi connectivity index (χ1v) is 10.7. The predicted molar refractivity (Wildman–Crippen MR) is 113 cm³/mol. The molecule has 1 N–H and O–H groups in total. The van der Waals surface area contributed by atoms with Gasteiger partial charge in [0.25, 0.3) is 0 Å². The van der Waals surface area contributed by atoms with E-state index in [-0.39, 0.29) is 23.1 Å². The zero-order valence-electron chi connectivity index (χ0n) is 18.7. The number of hydrogen-bond acceptors (Lipinski definition) is 6. The molecule has 0 aliphatic heterocycles. The van der Waals surface area contributed by atoms with Gasteiger partial charge in [-0.05, 0) is 26.3 Å². The summed E-state index contributed by atoms with van der Waals surface area (Å²) in [5, 5.41) is 9.93. The van der Waals surface area contributed by atoms with Crippen LogP contribution in [0.3, 0.4) is 0 Å². The average Bonchev–Trinajstić information content (AvgIpc) is 3.27. The Morgan fingerprint density at radius 2 is 2.03 bits per heavy atom. The van der Waals surface area contributed by atoms with E-state index in [4.69, 9.17) is 16.3 Å². The monoisotopic (exact) mass is 522 g/mol. The van der Waals surface area contributed by atoms with Crippen molar-refractivity contribution in [1.82, 2.24) is 29.5 Å². The van der Waals surface area contributed by atoms with E-state index >= 15 is 4.39 Å². The first-order chi connectivity index (χ1) is 16.4. The molecule has 3 aromatic rings. The summed E-state index contributed by atoms with van der Waals surface area (Å²) in [6, 6.07) is 0.590. The van der Waals surface area contributed by atoms with Crippen molar-refractivity contribution < 1.29 is 31.5 Å². The van der Waals surface area contributed by atoms with Gasteiger partial charge in [0.05, 0.1) is 5.56 Å². The fraction of sp³-hybridized carbons (Fsp3) is 0.450. The van der Waals surface area contributed by atoms with Gasteiger partial charge in [-0.2, -0.15) is 27.9 Å². The molecule has 0 spiro atoms. The highest BCUT2D eigenvalue weighted by Gasteiger charge is 2.39. The van der Waals surface area contributed by atoms with Gasteiger partial charge in [-0.3, -0.25) is 14.5 Å². The van der Waals surface area contributed by atoms with Crippen LogP contribution < -0.4 is 10.4 Å². The van der Waals surface area contributed by atoms with Crippen molar-refractivity contribution in [3.05, 3.63) is 50.2 Å². The molecule has 0 bridgehead atoms. The van der Waals surface area contributed by atoms with Gasteiger partial charge in [-0.1, -0.05) is 18.5 Å². The van der Waals surface area contributed by atoms with E-state index in [9.17, 15) is 27.2 Å². The molecule has 0 aromatic carbocycles. The first-order valence-electron chi connectivity index (χ1n) is 10.3. The Balaban J connectivity index is 2.15. The lowest BCUT2D eigenvalue weighted by Gasteiger charge is -2.19. The van der Waals surface area contributed by atoms with Crippen LogP contribution in [0.5, 0.6) is 5.88 Å². The summed E-state index contributed by atoms with van der Waals surface area (Å²) in [4.78, 5) is 29.3. The van der Waals surface area contributed by atoms with Crippen LogP contribution >= 0.6 is 11.6 Å². The number of ether oxygens (including phenoxy) is 1. The maximum Gasteiger partial charge on any atom is 0.425 e. The highest BCUT2D eigenvalue weighted by Crippen LogP contribution is 2.29. The van der Waals surface area contributed by atoms with Crippen LogP contribution in [-0.4, -0.2) is 47.6 Å². The smallest absolute Gasteiger partial charge is 0.425 e. The minimum atomic E-state index is -4.85. The number of Topliss-reactive ketones (excluding diaryl/α,β-unsaturated/α-hetero) is 1. The fourth-order valence-corrected chi connectivity index (χ4v) is 3.39. The Morgan fingerprint density at radius 1 is 1.34 bits per heavy atom. The van der Waals surface area contributed by atoms with Gasteiger partial charge in [0.2, 0.25) is 5.88 Å². The lowest BCUT2D eigenvalue weighted by molar-refractivity contribution is -0.190. The second-order valence-corrected chi connectivity index (χ2v) is 7.92. The molecule has 35 heavy (non-hydrogen) atoms. The van der Waals surface area contributed by atoms with Crippen molar-refractivity contribution in [2.45, 2.75) is 59.1 Å². The van der Waals surface area contributed by atoms with E-state index in [0.717, 1.165) is 4.57 Å². The topological polar surface area (TPSA) is 108 Å². The molecular weight excluding hydrogens is 503 g/mol. The van der Waals surface area contributed by atoms with Crippen molar-refractivity contribution in [2.75, 3.05) is 0 Å². The summed E-state index contributed by atoms with van der Waals surface area (Å²) in [5.41, 5.74) is -0.907. The van der Waals surface area contributed by atoms with Crippen molar-refractivity contribution in [3.63, 3.8) is 0 Å². The van der Waals surface area contributed by atoms with Crippen LogP contribution in [-0.2, 0) is 19.6 Å². The molecule has 0 radical (unpaired) electrons. The second kappa shape index (κ2) is 10.1. The molecule has 3 heterocycles. The highest BCUT2D eigenvalue weighted by atomic mass is 35.5. The van der Waals surface area contributed by atoms with Gasteiger partial charge in [0, 0.05) is 24.2 Å². The summed E-state index contributed by atoms with van der Waals surface area (Å²) < 4.78 is 74.2. The van der Waals surface area contributed by atoms with E-state index in [1.807, 2.05) is 0 Å². The van der Waals surface area contributed by atoms with E-state index < -0.39 is 59.9 Å². The van der Waals surface area contributed by atoms with Crippen LogP contribution in [0, 0.1) is 12.7 Å². The van der Waals surface area contributed by atoms with E-state index in [2.05, 4.69) is 20.3 Å². The number of aromatic amines is 1. The third kappa shape index (κ3) is 5.36. The maximum absolute atomic E-state index is 15.1. The first kappa shape index (κ1) is 26.3. The Morgan fingerprint density at radius 3 is 2.57 bits per heavy atom. The second-order valence-electron chi connectivity index (χ2n) is 7.56. The number of hydrogen-bond donors (Lipinski definition) is 1. The molecule has 0 saturated carbocycles. The fourth-order valence-electron chi connectivity index (χ4n) is 3.14. The van der Waals surface area contributed by atoms with Crippen molar-refractivity contribution in [1.29, 1.82) is 0 Å². The predicted octanol–water partition coefficient (Wildman–Crippen LogP) is 3.89. The Hall–Kier alpha value is -3.29. The minimum absolute atomic E-state index is 0.0428. The summed E-state index contributed by atoms with van der Waals surface area (Å²) in [5.74, 6) is -4.18. The number of carbonyl (C=O) groups is 1. The van der Waals surface area contributed by atoms with Crippen molar-refractivity contribution in [3.8, 4) is 11.7 Å². The standard InChI is InChI=1S/C20H20ClF5N6O3/c1-4-5-31-15(8-22)30-32(19(31)34)17-13(23)6-12(18(27-17)35-10(3)20(24,25)26)14(33)7-11-9(2)28-29-16(11)21/h6,10H,4-5,7-8H2,1-3H3,(H,28,29)/t10-/m0/s1. The van der Waals surface area contributed by atoms with E-state index in [1.54, 1.807) is 13.8 Å². The maximum atomic E-state index is 15.1. The summed E-state index contributed by atoms with van der Waals surface area (Å²) >= 11 is 5.93.